The summed E-state index contributed by atoms with van der Waals surface area (Å²) in [6.07, 6.45) is 3.87. The summed E-state index contributed by atoms with van der Waals surface area (Å²) in [6.45, 7) is 3.44. The molecule has 1 atom stereocenters. The van der Waals surface area contributed by atoms with Gasteiger partial charge in [0.15, 0.2) is 5.69 Å². The van der Waals surface area contributed by atoms with E-state index >= 15 is 0 Å². The highest BCUT2D eigenvalue weighted by molar-refractivity contribution is 9.10. The normalized spacial score (nSPS) is 32.6. The number of halogens is 4. The van der Waals surface area contributed by atoms with E-state index in [1.54, 1.807) is 0 Å². The molecule has 1 unspecified atom stereocenters. The van der Waals surface area contributed by atoms with Crippen LogP contribution in [0.1, 0.15) is 63.3 Å². The van der Waals surface area contributed by atoms with E-state index in [-0.39, 0.29) is 28.4 Å². The second-order valence-corrected chi connectivity index (χ2v) is 10.0. The molecule has 156 valence electrons. The fourth-order valence-corrected chi connectivity index (χ4v) is 7.04. The summed E-state index contributed by atoms with van der Waals surface area (Å²) < 4.78 is 40.2. The first-order valence-corrected chi connectivity index (χ1v) is 11.0. The Hall–Kier alpha value is -1.05. The Kier molecular flexibility index (Phi) is 5.08. The average molecular weight is 462 g/mol. The Labute approximate surface area is 171 Å². The van der Waals surface area contributed by atoms with Crippen LogP contribution in [0.5, 0.6) is 0 Å². The average Bonchev–Trinajstić information content (AvgIpc) is 2.87. The van der Waals surface area contributed by atoms with Crippen LogP contribution in [0.4, 0.5) is 13.2 Å². The van der Waals surface area contributed by atoms with Crippen LogP contribution < -0.4 is 5.32 Å². The summed E-state index contributed by atoms with van der Waals surface area (Å²) in [5, 5.41) is 6.80. The number of rotatable bonds is 5. The van der Waals surface area contributed by atoms with Crippen molar-refractivity contribution >= 4 is 21.8 Å². The van der Waals surface area contributed by atoms with Crippen LogP contribution in [0.2, 0.25) is 0 Å². The van der Waals surface area contributed by atoms with Crippen molar-refractivity contribution in [2.75, 3.05) is 0 Å². The minimum atomic E-state index is -4.55. The molecule has 1 aromatic heterocycles. The lowest BCUT2D eigenvalue weighted by atomic mass is 9.47. The zero-order valence-corrected chi connectivity index (χ0v) is 17.9. The number of hydrogen-bond acceptors (Lipinski definition) is 2. The van der Waals surface area contributed by atoms with Crippen molar-refractivity contribution in [2.24, 2.45) is 23.2 Å². The Morgan fingerprint density at radius 2 is 1.79 bits per heavy atom. The number of nitrogens with one attached hydrogen (secondary N) is 1. The topological polar surface area (TPSA) is 46.9 Å². The molecule has 28 heavy (non-hydrogen) atoms. The largest absolute Gasteiger partial charge is 0.436 e. The second kappa shape index (κ2) is 7.03. The highest BCUT2D eigenvalue weighted by Crippen LogP contribution is 2.61. The SMILES string of the molecule is CCC(NC(=O)Cn1nc(C(F)(F)F)c(Br)c1C)C12CC3CC(CC(C3)C1)C2. The maximum absolute atomic E-state index is 13.1. The van der Waals surface area contributed by atoms with E-state index in [4.69, 9.17) is 0 Å². The van der Waals surface area contributed by atoms with Gasteiger partial charge in [-0.25, -0.2) is 0 Å². The minimum absolute atomic E-state index is 0.0924. The minimum Gasteiger partial charge on any atom is -0.351 e. The van der Waals surface area contributed by atoms with Crippen LogP contribution in [0, 0.1) is 30.1 Å². The summed E-state index contributed by atoms with van der Waals surface area (Å²) in [5.74, 6) is 2.11. The molecule has 0 aliphatic heterocycles. The highest BCUT2D eigenvalue weighted by atomic mass is 79.9. The first kappa shape index (κ1) is 20.2. The number of carbonyl (C=O) groups excluding carboxylic acids is 1. The molecule has 4 aliphatic carbocycles. The lowest BCUT2D eigenvalue weighted by molar-refractivity contribution is -0.142. The van der Waals surface area contributed by atoms with E-state index in [0.717, 1.165) is 28.9 Å². The van der Waals surface area contributed by atoms with Crippen LogP contribution in [-0.4, -0.2) is 21.7 Å². The molecule has 1 aromatic rings. The smallest absolute Gasteiger partial charge is 0.351 e. The van der Waals surface area contributed by atoms with Gasteiger partial charge in [0, 0.05) is 6.04 Å². The van der Waals surface area contributed by atoms with Crippen molar-refractivity contribution in [3.8, 4) is 0 Å². The number of carbonyl (C=O) groups is 1. The van der Waals surface area contributed by atoms with Gasteiger partial charge in [0.1, 0.15) is 6.54 Å². The highest BCUT2D eigenvalue weighted by Gasteiger charge is 2.54. The van der Waals surface area contributed by atoms with Gasteiger partial charge < -0.3 is 5.32 Å². The van der Waals surface area contributed by atoms with Gasteiger partial charge in [0.2, 0.25) is 5.91 Å². The number of aromatic nitrogens is 2. The van der Waals surface area contributed by atoms with Gasteiger partial charge in [-0.3, -0.25) is 9.48 Å². The molecule has 8 heteroatoms. The fraction of sp³-hybridized carbons (Fsp3) is 0.800. The van der Waals surface area contributed by atoms with Crippen molar-refractivity contribution in [1.82, 2.24) is 15.1 Å². The molecule has 4 saturated carbocycles. The zero-order valence-electron chi connectivity index (χ0n) is 16.3. The standard InChI is InChI=1S/C20H27BrF3N3O/c1-3-15(19-7-12-4-13(8-19)6-14(5-12)9-19)25-16(28)10-27-11(2)17(21)18(26-27)20(22,23)24/h12-15H,3-10H2,1-2H3,(H,25,28). The number of nitrogens with zero attached hydrogens (tertiary/aromatic N) is 2. The van der Waals surface area contributed by atoms with Gasteiger partial charge in [-0.1, -0.05) is 6.92 Å². The number of amides is 1. The Bertz CT molecular complexity index is 738. The third kappa shape index (κ3) is 3.50. The fourth-order valence-electron chi connectivity index (χ4n) is 6.53. The van der Waals surface area contributed by atoms with Gasteiger partial charge in [0.25, 0.3) is 0 Å². The van der Waals surface area contributed by atoms with Gasteiger partial charge >= 0.3 is 6.18 Å². The lowest BCUT2D eigenvalue weighted by Crippen LogP contribution is -2.57. The van der Waals surface area contributed by atoms with Crippen molar-refractivity contribution in [3.05, 3.63) is 15.9 Å². The van der Waals surface area contributed by atoms with E-state index < -0.39 is 11.9 Å². The predicted molar refractivity (Wildman–Crippen MR) is 102 cm³/mol. The Morgan fingerprint density at radius 1 is 1.25 bits per heavy atom. The van der Waals surface area contributed by atoms with E-state index in [9.17, 15) is 18.0 Å². The molecule has 0 spiro atoms. The maximum Gasteiger partial charge on any atom is 0.436 e. The van der Waals surface area contributed by atoms with Gasteiger partial charge in [-0.15, -0.1) is 0 Å². The molecular weight excluding hydrogens is 435 g/mol. The van der Waals surface area contributed by atoms with Gasteiger partial charge in [-0.2, -0.15) is 18.3 Å². The molecule has 1 heterocycles. The molecule has 0 radical (unpaired) electrons. The van der Waals surface area contributed by atoms with Crippen molar-refractivity contribution < 1.29 is 18.0 Å². The van der Waals surface area contributed by atoms with Crippen molar-refractivity contribution in [2.45, 2.75) is 77.6 Å². The quantitative estimate of drug-likeness (QED) is 0.663. The molecule has 4 fully saturated rings. The molecule has 0 saturated heterocycles. The van der Waals surface area contributed by atoms with Gasteiger partial charge in [-0.05, 0) is 91.0 Å². The molecule has 4 bridgehead atoms. The van der Waals surface area contributed by atoms with E-state index in [0.29, 0.717) is 5.69 Å². The molecule has 4 nitrogen and oxygen atoms in total. The predicted octanol–water partition coefficient (Wildman–Crippen LogP) is 5.08. The Balaban J connectivity index is 1.48. The molecular formula is C20H27BrF3N3O. The molecule has 4 aliphatic rings. The summed E-state index contributed by atoms with van der Waals surface area (Å²) in [7, 11) is 0. The van der Waals surface area contributed by atoms with Crippen LogP contribution in [-0.2, 0) is 17.5 Å². The van der Waals surface area contributed by atoms with E-state index in [1.165, 1.54) is 45.4 Å². The van der Waals surface area contributed by atoms with E-state index in [1.807, 2.05) is 0 Å². The van der Waals surface area contributed by atoms with Crippen LogP contribution in [0.3, 0.4) is 0 Å². The van der Waals surface area contributed by atoms with Crippen LogP contribution in [0.15, 0.2) is 4.47 Å². The van der Waals surface area contributed by atoms with Crippen molar-refractivity contribution in [1.29, 1.82) is 0 Å². The number of hydrogen-bond donors (Lipinski definition) is 1. The third-order valence-corrected chi connectivity index (χ3v) is 8.21. The van der Waals surface area contributed by atoms with Crippen molar-refractivity contribution in [3.63, 3.8) is 0 Å². The van der Waals surface area contributed by atoms with Crippen LogP contribution in [0.25, 0.3) is 0 Å². The summed E-state index contributed by atoms with van der Waals surface area (Å²) >= 11 is 2.96. The Morgan fingerprint density at radius 3 is 2.21 bits per heavy atom. The third-order valence-electron chi connectivity index (χ3n) is 7.26. The molecule has 5 rings (SSSR count). The van der Waals surface area contributed by atoms with Crippen LogP contribution >= 0.6 is 15.9 Å². The molecule has 0 aromatic carbocycles. The lowest BCUT2D eigenvalue weighted by Gasteiger charge is -2.59. The summed E-state index contributed by atoms with van der Waals surface area (Å²) in [4.78, 5) is 12.7. The van der Waals surface area contributed by atoms with E-state index in [2.05, 4.69) is 33.3 Å². The van der Waals surface area contributed by atoms with Gasteiger partial charge in [0.05, 0.1) is 10.2 Å². The summed E-state index contributed by atoms with van der Waals surface area (Å²) in [6, 6.07) is 0.0924. The molecule has 1 amide bonds. The first-order valence-electron chi connectivity index (χ1n) is 10.2. The number of alkyl halides is 3. The zero-order chi connectivity index (χ0) is 20.3. The maximum atomic E-state index is 13.1. The summed E-state index contributed by atoms with van der Waals surface area (Å²) in [5.41, 5.74) is -0.494. The molecule has 1 N–H and O–H groups in total. The first-order chi connectivity index (χ1) is 13.1. The second-order valence-electron chi connectivity index (χ2n) is 9.21. The monoisotopic (exact) mass is 461 g/mol.